The molecule has 4 aromatic rings. The molecule has 0 saturated heterocycles. The van der Waals surface area contributed by atoms with E-state index in [4.69, 9.17) is 9.98 Å². The van der Waals surface area contributed by atoms with E-state index in [2.05, 4.69) is 86.9 Å². The zero-order valence-electron chi connectivity index (χ0n) is 19.1. The van der Waals surface area contributed by atoms with E-state index in [1.807, 2.05) is 61.2 Å². The Balaban J connectivity index is 0.000000765. The van der Waals surface area contributed by atoms with Gasteiger partial charge in [0.25, 0.3) is 0 Å². The molecule has 3 aliphatic rings. The monoisotopic (exact) mass is 642 g/mol. The molecule has 182 valence electrons. The van der Waals surface area contributed by atoms with Crippen molar-refractivity contribution in [3.05, 3.63) is 131 Å². The summed E-state index contributed by atoms with van der Waals surface area (Å²) in [6.45, 7) is 0. The van der Waals surface area contributed by atoms with Gasteiger partial charge in [0.15, 0.2) is 0 Å². The van der Waals surface area contributed by atoms with Gasteiger partial charge in [0.05, 0.1) is 23.5 Å². The van der Waals surface area contributed by atoms with Crippen LogP contribution >= 0.6 is 28.5 Å². The number of halogens is 2. The fraction of sp³-hybridized carbons (Fsp3) is 0.172. The maximum absolute atomic E-state index is 5.17. The molecule has 2 aromatic heterocycles. The molecule has 0 N–H and O–H groups in total. The summed E-state index contributed by atoms with van der Waals surface area (Å²) in [5, 5.41) is 0. The molecule has 0 bridgehead atoms. The van der Waals surface area contributed by atoms with Gasteiger partial charge in [-0.1, -0.05) is 60.7 Å². The zero-order valence-corrected chi connectivity index (χ0v) is 23.2. The Morgan fingerprint density at radius 1 is 0.639 bits per heavy atom. The number of aromatic nitrogens is 2. The molecule has 1 saturated carbocycles. The SMILES string of the molecule is C(=N[C@@H]1C2c3ccccc3C23c2ccccc2C3[C@H]1N=Cc1ccccn1)c1ccccn1.[Br][Ni][Br]. The maximum atomic E-state index is 5.17. The number of nitrogens with zero attached hydrogens (tertiary/aromatic N) is 4. The average molecular weight is 645 g/mol. The first-order valence-electron chi connectivity index (χ1n) is 11.7. The van der Waals surface area contributed by atoms with Crippen LogP contribution in [0, 0.1) is 0 Å². The van der Waals surface area contributed by atoms with Crippen molar-refractivity contribution in [2.45, 2.75) is 29.3 Å². The van der Waals surface area contributed by atoms with Gasteiger partial charge in [-0.2, -0.15) is 0 Å². The molecule has 1 fully saturated rings. The summed E-state index contributed by atoms with van der Waals surface area (Å²) in [6, 6.07) is 29.7. The van der Waals surface area contributed by atoms with Crippen LogP contribution < -0.4 is 0 Å². The molecule has 2 unspecified atom stereocenters. The van der Waals surface area contributed by atoms with Crippen molar-refractivity contribution >= 4 is 40.9 Å². The van der Waals surface area contributed by atoms with Gasteiger partial charge in [-0.15, -0.1) is 0 Å². The molecule has 0 amide bonds. The molecule has 0 radical (unpaired) electrons. The number of aliphatic imine (C=N–C) groups is 2. The van der Waals surface area contributed by atoms with E-state index in [1.54, 1.807) is 0 Å². The topological polar surface area (TPSA) is 50.5 Å². The number of fused-ring (bicyclic) bond motifs is 4. The summed E-state index contributed by atoms with van der Waals surface area (Å²) in [7, 11) is 1.25. The second kappa shape index (κ2) is 10.1. The van der Waals surface area contributed by atoms with Crippen LogP contribution in [0.5, 0.6) is 0 Å². The van der Waals surface area contributed by atoms with Crippen LogP contribution in [0.15, 0.2) is 107 Å². The Hall–Kier alpha value is -2.47. The molecule has 7 heteroatoms. The fourth-order valence-electron chi connectivity index (χ4n) is 6.51. The summed E-state index contributed by atoms with van der Waals surface area (Å²) >= 11 is 6.00. The van der Waals surface area contributed by atoms with Crippen LogP contribution in [0.3, 0.4) is 0 Å². The summed E-state index contributed by atoms with van der Waals surface area (Å²) < 4.78 is 0. The third kappa shape index (κ3) is 3.67. The molecular formula is C29H22Br2N4Ni. The van der Waals surface area contributed by atoms with Crippen LogP contribution in [-0.2, 0) is 16.3 Å². The quantitative estimate of drug-likeness (QED) is 0.185. The summed E-state index contributed by atoms with van der Waals surface area (Å²) in [6.07, 6.45) is 7.48. The van der Waals surface area contributed by atoms with E-state index >= 15 is 0 Å². The predicted octanol–water partition coefficient (Wildman–Crippen LogP) is 6.63. The van der Waals surface area contributed by atoms with Gasteiger partial charge in [-0.3, -0.25) is 20.0 Å². The molecule has 7 rings (SSSR count). The van der Waals surface area contributed by atoms with E-state index in [0.29, 0.717) is 11.8 Å². The molecular weight excluding hydrogens is 623 g/mol. The summed E-state index contributed by atoms with van der Waals surface area (Å²) in [4.78, 5) is 19.2. The standard InChI is InChI=1S/C29H22N4.2BrH.Ni/c1-3-13-23-21(11-1)25-27(32-17-19-9-5-7-15-30-19)28(33-18-20-10-6-8-16-31-20)26-22-12-2-4-14-24(22)29(23,25)26;;;/h1-18,25-28H;2*1H;/q;;;+2/p-2/t25?,26?,27-,28-,29?;;;/m1.../s1. The van der Waals surface area contributed by atoms with Crippen LogP contribution in [0.2, 0.25) is 0 Å². The van der Waals surface area contributed by atoms with Crippen LogP contribution in [0.25, 0.3) is 0 Å². The number of hydrogen-bond donors (Lipinski definition) is 0. The third-order valence-electron chi connectivity index (χ3n) is 7.63. The average Bonchev–Trinajstić information content (AvgIpc) is 3.12. The molecule has 2 heterocycles. The second-order valence-corrected chi connectivity index (χ2v) is 14.1. The molecule has 4 nitrogen and oxygen atoms in total. The number of benzene rings is 2. The number of hydrogen-bond acceptors (Lipinski definition) is 4. The second-order valence-electron chi connectivity index (χ2n) is 9.09. The van der Waals surface area contributed by atoms with E-state index in [-0.39, 0.29) is 17.5 Å². The first-order chi connectivity index (χ1) is 17.8. The van der Waals surface area contributed by atoms with Crippen LogP contribution in [-0.4, -0.2) is 34.5 Å². The van der Waals surface area contributed by atoms with Crippen molar-refractivity contribution in [2.75, 3.05) is 0 Å². The Bertz CT molecular complexity index is 1320. The summed E-state index contributed by atoms with van der Waals surface area (Å²) in [5.74, 6) is 0.638. The Morgan fingerprint density at radius 3 is 1.47 bits per heavy atom. The first-order valence-corrected chi connectivity index (χ1v) is 16.6. The van der Waals surface area contributed by atoms with E-state index in [0.717, 1.165) is 11.4 Å². The van der Waals surface area contributed by atoms with E-state index in [9.17, 15) is 0 Å². The Morgan fingerprint density at radius 2 is 1.06 bits per heavy atom. The Kier molecular flexibility index (Phi) is 6.72. The molecule has 0 aliphatic heterocycles. The molecule has 36 heavy (non-hydrogen) atoms. The van der Waals surface area contributed by atoms with Crippen LogP contribution in [0.1, 0.15) is 45.5 Å². The van der Waals surface area contributed by atoms with Crippen molar-refractivity contribution in [3.8, 4) is 0 Å². The molecule has 3 aliphatic carbocycles. The van der Waals surface area contributed by atoms with Crippen LogP contribution in [0.4, 0.5) is 0 Å². The van der Waals surface area contributed by atoms with Gasteiger partial charge >= 0.3 is 39.3 Å². The van der Waals surface area contributed by atoms with Crippen molar-refractivity contribution in [1.29, 1.82) is 0 Å². The van der Waals surface area contributed by atoms with E-state index < -0.39 is 0 Å². The van der Waals surface area contributed by atoms with E-state index in [1.165, 1.54) is 33.2 Å². The molecule has 4 atom stereocenters. The van der Waals surface area contributed by atoms with Gasteiger partial charge in [-0.05, 0) is 46.5 Å². The number of rotatable bonds is 4. The van der Waals surface area contributed by atoms with Gasteiger partial charge in [0.2, 0.25) is 0 Å². The minimum absolute atomic E-state index is 0.00539. The third-order valence-corrected chi connectivity index (χ3v) is 7.63. The predicted molar refractivity (Wildman–Crippen MR) is 148 cm³/mol. The van der Waals surface area contributed by atoms with Crippen molar-refractivity contribution in [3.63, 3.8) is 0 Å². The van der Waals surface area contributed by atoms with Crippen molar-refractivity contribution < 1.29 is 10.9 Å². The van der Waals surface area contributed by atoms with Crippen molar-refractivity contribution in [1.82, 2.24) is 9.97 Å². The molecule has 1 spiro atoms. The molecule has 2 aromatic carbocycles. The zero-order chi connectivity index (χ0) is 24.5. The van der Waals surface area contributed by atoms with Gasteiger partial charge in [-0.25, -0.2) is 0 Å². The Labute approximate surface area is 230 Å². The first kappa shape index (κ1) is 23.9. The summed E-state index contributed by atoms with van der Waals surface area (Å²) in [5.41, 5.74) is 7.49. The van der Waals surface area contributed by atoms with Gasteiger partial charge in [0, 0.05) is 42.1 Å². The number of pyridine rings is 2. The minimum atomic E-state index is 0.00539. The fourth-order valence-corrected chi connectivity index (χ4v) is 6.51. The van der Waals surface area contributed by atoms with Gasteiger partial charge in [0.1, 0.15) is 0 Å². The van der Waals surface area contributed by atoms with Gasteiger partial charge < -0.3 is 0 Å². The van der Waals surface area contributed by atoms with Crippen molar-refractivity contribution in [2.24, 2.45) is 9.98 Å². The normalized spacial score (nSPS) is 26.7.